The Morgan fingerprint density at radius 3 is 2.57 bits per heavy atom. The number of esters is 1. The lowest BCUT2D eigenvalue weighted by atomic mass is 10.0. The van der Waals surface area contributed by atoms with Crippen LogP contribution in [0, 0.1) is 5.92 Å². The molecule has 1 saturated heterocycles. The lowest BCUT2D eigenvalue weighted by Gasteiger charge is -2.19. The Morgan fingerprint density at radius 2 is 2.00 bits per heavy atom. The van der Waals surface area contributed by atoms with Crippen LogP contribution in [0.1, 0.15) is 18.9 Å². The van der Waals surface area contributed by atoms with Gasteiger partial charge in [-0.25, -0.2) is 13.2 Å². The van der Waals surface area contributed by atoms with Crippen molar-refractivity contribution in [3.05, 3.63) is 35.9 Å². The molecule has 1 fully saturated rings. The van der Waals surface area contributed by atoms with Crippen LogP contribution >= 0.6 is 0 Å². The van der Waals surface area contributed by atoms with Crippen LogP contribution in [-0.4, -0.2) is 44.4 Å². The molecule has 1 N–H and O–H groups in total. The topological polar surface area (TPSA) is 89.5 Å². The van der Waals surface area contributed by atoms with Crippen LogP contribution in [0.15, 0.2) is 30.3 Å². The molecule has 1 aliphatic heterocycles. The summed E-state index contributed by atoms with van der Waals surface area (Å²) < 4.78 is 28.0. The van der Waals surface area contributed by atoms with Crippen LogP contribution in [0.3, 0.4) is 0 Å². The van der Waals surface area contributed by atoms with E-state index in [1.165, 1.54) is 0 Å². The second-order valence-corrected chi connectivity index (χ2v) is 7.83. The zero-order valence-corrected chi connectivity index (χ0v) is 13.8. The molecule has 1 aromatic carbocycles. The van der Waals surface area contributed by atoms with Gasteiger partial charge in [-0.1, -0.05) is 30.3 Å². The zero-order chi connectivity index (χ0) is 16.9. The van der Waals surface area contributed by atoms with Crippen molar-refractivity contribution in [2.45, 2.75) is 25.8 Å². The van der Waals surface area contributed by atoms with Crippen molar-refractivity contribution in [2.75, 3.05) is 18.1 Å². The van der Waals surface area contributed by atoms with E-state index in [0.29, 0.717) is 12.8 Å². The van der Waals surface area contributed by atoms with E-state index in [0.717, 1.165) is 5.56 Å². The largest absolute Gasteiger partial charge is 0.464 e. The van der Waals surface area contributed by atoms with Crippen LogP contribution in [0.4, 0.5) is 0 Å². The third kappa shape index (κ3) is 5.06. The summed E-state index contributed by atoms with van der Waals surface area (Å²) in [4.78, 5) is 24.3. The van der Waals surface area contributed by atoms with Gasteiger partial charge in [-0.15, -0.1) is 0 Å². The van der Waals surface area contributed by atoms with Gasteiger partial charge in [-0.2, -0.15) is 0 Å². The molecule has 126 valence electrons. The summed E-state index contributed by atoms with van der Waals surface area (Å²) in [5, 5.41) is 2.65. The van der Waals surface area contributed by atoms with Crippen molar-refractivity contribution >= 4 is 21.7 Å². The molecule has 2 atom stereocenters. The molecular formula is C16H21NO5S. The monoisotopic (exact) mass is 339 g/mol. The number of benzene rings is 1. The highest BCUT2D eigenvalue weighted by Crippen LogP contribution is 2.19. The maximum atomic E-state index is 12.3. The number of amides is 1. The van der Waals surface area contributed by atoms with E-state index in [1.807, 2.05) is 30.3 Å². The number of carbonyl (C=O) groups is 2. The molecule has 1 heterocycles. The van der Waals surface area contributed by atoms with Gasteiger partial charge in [0.25, 0.3) is 0 Å². The van der Waals surface area contributed by atoms with Crippen molar-refractivity contribution in [3.8, 4) is 0 Å². The minimum Gasteiger partial charge on any atom is -0.464 e. The number of rotatable bonds is 6. The molecule has 1 aromatic rings. The predicted octanol–water partition coefficient (Wildman–Crippen LogP) is 0.712. The van der Waals surface area contributed by atoms with Gasteiger partial charge < -0.3 is 10.1 Å². The van der Waals surface area contributed by atoms with Crippen LogP contribution in [-0.2, 0) is 30.6 Å². The highest BCUT2D eigenvalue weighted by atomic mass is 32.2. The normalized spacial score (nSPS) is 20.7. The van der Waals surface area contributed by atoms with Gasteiger partial charge in [0.05, 0.1) is 24.0 Å². The van der Waals surface area contributed by atoms with E-state index in [9.17, 15) is 18.0 Å². The lowest BCUT2D eigenvalue weighted by Crippen LogP contribution is -2.46. The Morgan fingerprint density at radius 1 is 1.30 bits per heavy atom. The molecule has 0 saturated carbocycles. The number of nitrogens with one attached hydrogen (secondary N) is 1. The molecule has 2 unspecified atom stereocenters. The van der Waals surface area contributed by atoms with E-state index >= 15 is 0 Å². The van der Waals surface area contributed by atoms with Gasteiger partial charge in [0.15, 0.2) is 9.84 Å². The maximum absolute atomic E-state index is 12.3. The molecule has 1 amide bonds. The quantitative estimate of drug-likeness (QED) is 0.771. The highest BCUT2D eigenvalue weighted by Gasteiger charge is 2.35. The Hall–Kier alpha value is -1.89. The molecule has 23 heavy (non-hydrogen) atoms. The van der Waals surface area contributed by atoms with Crippen LogP contribution in [0.25, 0.3) is 0 Å². The SMILES string of the molecule is CCOC(=O)C(Cc1ccccc1)NC(=O)C1CCS(=O)(=O)C1. The standard InChI is InChI=1S/C16H21NO5S/c1-2-22-16(19)14(10-12-6-4-3-5-7-12)17-15(18)13-8-9-23(20,21)11-13/h3-7,13-14H,2,8-11H2,1H3,(H,17,18). The molecule has 0 radical (unpaired) electrons. The summed E-state index contributed by atoms with van der Waals surface area (Å²) in [6.07, 6.45) is 0.611. The number of sulfone groups is 1. The van der Waals surface area contributed by atoms with Crippen molar-refractivity contribution in [3.63, 3.8) is 0 Å². The van der Waals surface area contributed by atoms with Crippen LogP contribution in [0.2, 0.25) is 0 Å². The average molecular weight is 339 g/mol. The molecule has 6 nitrogen and oxygen atoms in total. The average Bonchev–Trinajstić information content (AvgIpc) is 2.88. The first-order valence-corrected chi connectivity index (χ1v) is 9.45. The summed E-state index contributed by atoms with van der Waals surface area (Å²) in [6, 6.07) is 8.47. The van der Waals surface area contributed by atoms with Gasteiger partial charge in [-0.05, 0) is 18.9 Å². The van der Waals surface area contributed by atoms with E-state index in [-0.39, 0.29) is 18.1 Å². The van der Waals surface area contributed by atoms with Gasteiger partial charge in [0.2, 0.25) is 5.91 Å². The summed E-state index contributed by atoms with van der Waals surface area (Å²) in [5.74, 6) is -1.63. The lowest BCUT2D eigenvalue weighted by molar-refractivity contribution is -0.147. The third-order valence-electron chi connectivity index (χ3n) is 3.77. The number of hydrogen-bond donors (Lipinski definition) is 1. The number of ether oxygens (including phenoxy) is 1. The fourth-order valence-corrected chi connectivity index (χ4v) is 4.32. The first-order valence-electron chi connectivity index (χ1n) is 7.62. The molecule has 7 heteroatoms. The van der Waals surface area contributed by atoms with Gasteiger partial charge in [0, 0.05) is 6.42 Å². The smallest absolute Gasteiger partial charge is 0.328 e. The molecule has 1 aliphatic rings. The Kier molecular flexibility index (Phi) is 5.76. The van der Waals surface area contributed by atoms with Gasteiger partial charge >= 0.3 is 5.97 Å². The van der Waals surface area contributed by atoms with E-state index < -0.39 is 33.7 Å². The molecule has 0 aliphatic carbocycles. The molecular weight excluding hydrogens is 318 g/mol. The minimum atomic E-state index is -3.14. The highest BCUT2D eigenvalue weighted by molar-refractivity contribution is 7.91. The van der Waals surface area contributed by atoms with Crippen molar-refractivity contribution in [2.24, 2.45) is 5.92 Å². The molecule has 0 bridgehead atoms. The fourth-order valence-electron chi connectivity index (χ4n) is 2.58. The second kappa shape index (κ2) is 7.59. The zero-order valence-electron chi connectivity index (χ0n) is 13.0. The minimum absolute atomic E-state index is 0.0217. The number of hydrogen-bond acceptors (Lipinski definition) is 5. The Labute approximate surface area is 136 Å². The van der Waals surface area contributed by atoms with E-state index in [4.69, 9.17) is 4.74 Å². The fraction of sp³-hybridized carbons (Fsp3) is 0.500. The Bertz CT molecular complexity index is 656. The van der Waals surface area contributed by atoms with E-state index in [2.05, 4.69) is 5.32 Å². The van der Waals surface area contributed by atoms with Crippen molar-refractivity contribution in [1.82, 2.24) is 5.32 Å². The Balaban J connectivity index is 2.05. The third-order valence-corrected chi connectivity index (χ3v) is 5.54. The maximum Gasteiger partial charge on any atom is 0.328 e. The van der Waals surface area contributed by atoms with Gasteiger partial charge in [0.1, 0.15) is 6.04 Å². The van der Waals surface area contributed by atoms with Crippen molar-refractivity contribution < 1.29 is 22.7 Å². The summed E-state index contributed by atoms with van der Waals surface area (Å²) >= 11 is 0. The van der Waals surface area contributed by atoms with Gasteiger partial charge in [-0.3, -0.25) is 4.79 Å². The first kappa shape index (κ1) is 17.5. The van der Waals surface area contributed by atoms with E-state index in [1.54, 1.807) is 6.92 Å². The second-order valence-electron chi connectivity index (χ2n) is 5.60. The number of carbonyl (C=O) groups excluding carboxylic acids is 2. The summed E-state index contributed by atoms with van der Waals surface area (Å²) in [5.41, 5.74) is 0.893. The molecule has 2 rings (SSSR count). The first-order chi connectivity index (χ1) is 10.9. The van der Waals surface area contributed by atoms with Crippen molar-refractivity contribution in [1.29, 1.82) is 0 Å². The summed E-state index contributed by atoms with van der Waals surface area (Å²) in [6.45, 7) is 1.92. The molecule has 0 aromatic heterocycles. The van der Waals surface area contributed by atoms with Crippen LogP contribution in [0.5, 0.6) is 0 Å². The van der Waals surface area contributed by atoms with Crippen LogP contribution < -0.4 is 5.32 Å². The predicted molar refractivity (Wildman–Crippen MR) is 85.5 cm³/mol. The molecule has 0 spiro atoms. The summed E-state index contributed by atoms with van der Waals surface area (Å²) in [7, 11) is -3.14.